The Morgan fingerprint density at radius 3 is 2.40 bits per heavy atom. The van der Waals surface area contributed by atoms with E-state index in [-0.39, 0.29) is 11.7 Å². The molecule has 150 valence electrons. The molecule has 0 saturated heterocycles. The van der Waals surface area contributed by atoms with E-state index in [0.29, 0.717) is 23.8 Å². The Kier molecular flexibility index (Phi) is 5.68. The molecule has 1 aliphatic heterocycles. The van der Waals surface area contributed by atoms with Crippen molar-refractivity contribution >= 4 is 39.4 Å². The highest BCUT2D eigenvalue weighted by atomic mass is 79.9. The molecule has 1 heterocycles. The van der Waals surface area contributed by atoms with Gasteiger partial charge in [-0.1, -0.05) is 46.3 Å². The predicted octanol–water partition coefficient (Wildman–Crippen LogP) is 5.39. The van der Waals surface area contributed by atoms with Crippen LogP contribution in [0.3, 0.4) is 0 Å². The minimum absolute atomic E-state index is 0.134. The molecule has 0 atom stereocenters. The van der Waals surface area contributed by atoms with Crippen LogP contribution in [0.25, 0.3) is 6.08 Å². The van der Waals surface area contributed by atoms with Crippen molar-refractivity contribution in [2.45, 2.75) is 6.92 Å². The summed E-state index contributed by atoms with van der Waals surface area (Å²) in [5.41, 5.74) is 2.61. The molecule has 0 saturated carbocycles. The molecule has 0 aromatic heterocycles. The summed E-state index contributed by atoms with van der Waals surface area (Å²) >= 11 is 3.56. The van der Waals surface area contributed by atoms with Gasteiger partial charge in [-0.2, -0.15) is 0 Å². The topological polar surface area (TPSA) is 62.1 Å². The van der Waals surface area contributed by atoms with Crippen LogP contribution in [0.5, 0.6) is 11.5 Å². The quantitative estimate of drug-likeness (QED) is 0.517. The van der Waals surface area contributed by atoms with Gasteiger partial charge in [0.25, 0.3) is 5.91 Å². The molecule has 4 rings (SSSR count). The summed E-state index contributed by atoms with van der Waals surface area (Å²) in [7, 11) is 0. The highest BCUT2D eigenvalue weighted by Gasteiger charge is 2.33. The van der Waals surface area contributed by atoms with Crippen LogP contribution < -0.4 is 9.64 Å². The second kappa shape index (κ2) is 8.55. The third-order valence-corrected chi connectivity index (χ3v) is 5.27. The van der Waals surface area contributed by atoms with Crippen molar-refractivity contribution in [3.63, 3.8) is 0 Å². The van der Waals surface area contributed by atoms with Gasteiger partial charge in [0, 0.05) is 10.0 Å². The summed E-state index contributed by atoms with van der Waals surface area (Å²) in [6.07, 6.45) is 1.76. The van der Waals surface area contributed by atoms with Crippen LogP contribution in [0.15, 0.2) is 88.0 Å². The first kappa shape index (κ1) is 19.9. The number of aromatic hydroxyl groups is 1. The molecule has 0 unspecified atom stereocenters. The van der Waals surface area contributed by atoms with Crippen molar-refractivity contribution in [3.05, 3.63) is 94.1 Å². The average Bonchev–Trinajstić information content (AvgIpc) is 3.06. The molecule has 0 radical (unpaired) electrons. The van der Waals surface area contributed by atoms with Crippen LogP contribution in [0.2, 0.25) is 0 Å². The normalized spacial score (nSPS) is 14.9. The third kappa shape index (κ3) is 4.00. The fourth-order valence-corrected chi connectivity index (χ4v) is 3.63. The Hall–Kier alpha value is -3.38. The highest BCUT2D eigenvalue weighted by molar-refractivity contribution is 9.10. The number of carbonyl (C=O) groups is 1. The van der Waals surface area contributed by atoms with E-state index < -0.39 is 0 Å². The summed E-state index contributed by atoms with van der Waals surface area (Å²) in [5, 5.41) is 9.64. The minimum Gasteiger partial charge on any atom is -0.508 e. The van der Waals surface area contributed by atoms with Crippen LogP contribution in [-0.2, 0) is 4.79 Å². The Bertz CT molecular complexity index is 1140. The summed E-state index contributed by atoms with van der Waals surface area (Å²) in [6.45, 7) is 2.53. The molecule has 1 N–H and O–H groups in total. The smallest absolute Gasteiger partial charge is 0.282 e. The van der Waals surface area contributed by atoms with Gasteiger partial charge in [0.2, 0.25) is 0 Å². The standard InChI is InChI=1S/C24H19BrN2O3/c1-2-30-19-13-7-16(8-14-19)15-22-24(29)27(17-9-11-18(28)12-10-17)23(26-22)20-5-3-4-6-21(20)25/h3-15,28H,2H2,1H3/b22-15+. The summed E-state index contributed by atoms with van der Waals surface area (Å²) in [6, 6.07) is 21.6. The van der Waals surface area contributed by atoms with Crippen molar-refractivity contribution in [1.82, 2.24) is 0 Å². The number of halogens is 1. The first-order valence-corrected chi connectivity index (χ1v) is 10.3. The Morgan fingerprint density at radius 1 is 1.03 bits per heavy atom. The minimum atomic E-state index is -0.236. The number of phenolic OH excluding ortho intramolecular Hbond substituents is 1. The third-order valence-electron chi connectivity index (χ3n) is 4.58. The van der Waals surface area contributed by atoms with Crippen molar-refractivity contribution in [2.75, 3.05) is 11.5 Å². The monoisotopic (exact) mass is 462 g/mol. The zero-order valence-electron chi connectivity index (χ0n) is 16.2. The highest BCUT2D eigenvalue weighted by Crippen LogP contribution is 2.31. The maximum atomic E-state index is 13.3. The van der Waals surface area contributed by atoms with Gasteiger partial charge in [-0.3, -0.25) is 9.69 Å². The van der Waals surface area contributed by atoms with Crippen molar-refractivity contribution in [3.8, 4) is 11.5 Å². The maximum absolute atomic E-state index is 13.3. The fourth-order valence-electron chi connectivity index (χ4n) is 3.17. The number of aliphatic imine (C=N–C) groups is 1. The van der Waals surface area contributed by atoms with E-state index in [1.165, 1.54) is 0 Å². The van der Waals surface area contributed by atoms with Crippen molar-refractivity contribution in [1.29, 1.82) is 0 Å². The van der Waals surface area contributed by atoms with Gasteiger partial charge in [0.05, 0.1) is 12.3 Å². The molecule has 5 nitrogen and oxygen atoms in total. The predicted molar refractivity (Wildman–Crippen MR) is 122 cm³/mol. The van der Waals surface area contributed by atoms with Crippen molar-refractivity contribution in [2.24, 2.45) is 4.99 Å². The first-order chi connectivity index (χ1) is 14.6. The number of amidine groups is 1. The Balaban J connectivity index is 1.77. The average molecular weight is 463 g/mol. The molecular weight excluding hydrogens is 444 g/mol. The number of hydrogen-bond acceptors (Lipinski definition) is 4. The summed E-state index contributed by atoms with van der Waals surface area (Å²) in [5.74, 6) is 1.20. The molecule has 3 aromatic carbocycles. The van der Waals surface area contributed by atoms with Gasteiger partial charge in [-0.25, -0.2) is 4.99 Å². The lowest BCUT2D eigenvalue weighted by Gasteiger charge is -2.19. The summed E-state index contributed by atoms with van der Waals surface area (Å²) < 4.78 is 6.31. The largest absolute Gasteiger partial charge is 0.508 e. The number of carbonyl (C=O) groups excluding carboxylic acids is 1. The zero-order chi connectivity index (χ0) is 21.1. The lowest BCUT2D eigenvalue weighted by Crippen LogP contribution is -2.32. The van der Waals surface area contributed by atoms with Gasteiger partial charge in [-0.05, 0) is 61.0 Å². The molecule has 0 fully saturated rings. The van der Waals surface area contributed by atoms with Gasteiger partial charge in [0.15, 0.2) is 0 Å². The lowest BCUT2D eigenvalue weighted by molar-refractivity contribution is -0.113. The molecule has 0 aliphatic carbocycles. The van der Waals surface area contributed by atoms with E-state index in [4.69, 9.17) is 4.74 Å². The Labute approximate surface area is 183 Å². The van der Waals surface area contributed by atoms with Gasteiger partial charge < -0.3 is 9.84 Å². The number of nitrogens with zero attached hydrogens (tertiary/aromatic N) is 2. The number of anilines is 1. The molecular formula is C24H19BrN2O3. The number of benzene rings is 3. The zero-order valence-corrected chi connectivity index (χ0v) is 17.8. The summed E-state index contributed by atoms with van der Waals surface area (Å²) in [4.78, 5) is 19.5. The first-order valence-electron chi connectivity index (χ1n) is 9.48. The molecule has 0 spiro atoms. The van der Waals surface area contributed by atoms with E-state index in [0.717, 1.165) is 21.3 Å². The number of hydrogen-bond donors (Lipinski definition) is 1. The molecule has 1 aliphatic rings. The molecule has 30 heavy (non-hydrogen) atoms. The van der Waals surface area contributed by atoms with E-state index in [1.807, 2.05) is 55.5 Å². The van der Waals surface area contributed by atoms with Gasteiger partial charge in [0.1, 0.15) is 23.0 Å². The Morgan fingerprint density at radius 2 is 1.73 bits per heavy atom. The number of rotatable bonds is 5. The number of amides is 1. The second-order valence-corrected chi connectivity index (χ2v) is 7.46. The van der Waals surface area contributed by atoms with E-state index in [9.17, 15) is 9.90 Å². The lowest BCUT2D eigenvalue weighted by atomic mass is 10.1. The SMILES string of the molecule is CCOc1ccc(/C=C2/N=C(c3ccccc3Br)N(c3ccc(O)cc3)C2=O)cc1. The van der Waals surface area contributed by atoms with Gasteiger partial charge in [-0.15, -0.1) is 0 Å². The second-order valence-electron chi connectivity index (χ2n) is 6.60. The molecule has 6 heteroatoms. The number of phenols is 1. The number of ether oxygens (including phenoxy) is 1. The van der Waals surface area contributed by atoms with Crippen LogP contribution in [0.4, 0.5) is 5.69 Å². The van der Waals surface area contributed by atoms with E-state index >= 15 is 0 Å². The van der Waals surface area contributed by atoms with Crippen LogP contribution >= 0.6 is 15.9 Å². The van der Waals surface area contributed by atoms with Crippen LogP contribution in [-0.4, -0.2) is 23.5 Å². The van der Waals surface area contributed by atoms with E-state index in [2.05, 4.69) is 20.9 Å². The van der Waals surface area contributed by atoms with Crippen LogP contribution in [0, 0.1) is 0 Å². The molecule has 1 amide bonds. The fraction of sp³-hybridized carbons (Fsp3) is 0.0833. The van der Waals surface area contributed by atoms with Crippen LogP contribution in [0.1, 0.15) is 18.1 Å². The maximum Gasteiger partial charge on any atom is 0.282 e. The van der Waals surface area contributed by atoms with E-state index in [1.54, 1.807) is 35.2 Å². The molecule has 3 aromatic rings. The van der Waals surface area contributed by atoms with Crippen molar-refractivity contribution < 1.29 is 14.6 Å². The van der Waals surface area contributed by atoms with Gasteiger partial charge >= 0.3 is 0 Å². The molecule has 0 bridgehead atoms.